The first-order valence-corrected chi connectivity index (χ1v) is 16.0. The number of carbonyl (C=O) groups excluding carboxylic acids is 2. The van der Waals surface area contributed by atoms with E-state index in [-0.39, 0.29) is 30.3 Å². The molecule has 0 atom stereocenters. The molecule has 1 aromatic heterocycles. The second kappa shape index (κ2) is 10.1. The number of pyridine rings is 1. The molecule has 0 unspecified atom stereocenters. The van der Waals surface area contributed by atoms with Gasteiger partial charge in [-0.15, -0.1) is 0 Å². The molecule has 2 amide bonds. The number of fused-ring (bicyclic) bond motifs is 2. The fraction of sp³-hybridized carbons (Fsp3) is 0.552. The van der Waals surface area contributed by atoms with E-state index < -0.39 is 52.5 Å². The minimum Gasteiger partial charge on any atom is -0.395 e. The van der Waals surface area contributed by atoms with Crippen molar-refractivity contribution in [2.24, 2.45) is 5.41 Å². The van der Waals surface area contributed by atoms with Gasteiger partial charge in [-0.3, -0.25) is 14.3 Å². The summed E-state index contributed by atoms with van der Waals surface area (Å²) in [4.78, 5) is 35.1. The van der Waals surface area contributed by atoms with Gasteiger partial charge in [-0.2, -0.15) is 0 Å². The van der Waals surface area contributed by atoms with E-state index in [0.717, 1.165) is 25.9 Å². The number of anilines is 4. The van der Waals surface area contributed by atoms with Gasteiger partial charge in [-0.25, -0.2) is 22.2 Å². The molecule has 3 fully saturated rings. The lowest BCUT2D eigenvalue weighted by molar-refractivity contribution is -0.128. The number of halogens is 2. The van der Waals surface area contributed by atoms with Gasteiger partial charge in [0.25, 0.3) is 5.91 Å². The molecule has 226 valence electrons. The number of amides is 2. The Kier molecular flexibility index (Phi) is 6.95. The van der Waals surface area contributed by atoms with Gasteiger partial charge in [-0.05, 0) is 74.3 Å². The summed E-state index contributed by atoms with van der Waals surface area (Å²) in [6.07, 6.45) is 3.54. The second-order valence-corrected chi connectivity index (χ2v) is 14.0. The van der Waals surface area contributed by atoms with Crippen LogP contribution in [-0.4, -0.2) is 68.7 Å². The van der Waals surface area contributed by atoms with Crippen molar-refractivity contribution in [3.05, 3.63) is 41.6 Å². The average Bonchev–Trinajstić information content (AvgIpc) is 3.67. The van der Waals surface area contributed by atoms with E-state index >= 15 is 0 Å². The number of piperidine rings is 1. The summed E-state index contributed by atoms with van der Waals surface area (Å²) in [6.45, 7) is 0.938. The maximum absolute atomic E-state index is 14.0. The molecule has 6 rings (SSSR count). The summed E-state index contributed by atoms with van der Waals surface area (Å²) in [7, 11) is -2.16. The summed E-state index contributed by atoms with van der Waals surface area (Å²) < 4.78 is 55.1. The molecule has 13 heteroatoms. The van der Waals surface area contributed by atoms with E-state index in [4.69, 9.17) is 5.11 Å². The van der Waals surface area contributed by atoms with Crippen LogP contribution in [0.5, 0.6) is 0 Å². The van der Waals surface area contributed by atoms with Crippen molar-refractivity contribution in [3.8, 4) is 0 Å². The minimum atomic E-state index is -3.77. The third-order valence-electron chi connectivity index (χ3n) is 9.48. The number of hydrogen-bond acceptors (Lipinski definition) is 7. The summed E-state index contributed by atoms with van der Waals surface area (Å²) >= 11 is 0. The first-order chi connectivity index (χ1) is 19.9. The molecular formula is C29H35F2N5O5S. The highest BCUT2D eigenvalue weighted by atomic mass is 32.2. The Hall–Kier alpha value is -3.32. The largest absolute Gasteiger partial charge is 0.395 e. The number of alkyl halides is 2. The first-order valence-electron chi connectivity index (χ1n) is 14.4. The van der Waals surface area contributed by atoms with Crippen LogP contribution < -0.4 is 19.8 Å². The standard InChI is InChI=1S/C29H35F2N5O5S/c1-35-21-4-5-23(32-24(21)28(26(35)39)8-10-29(30,31)11-9-28)33-25(38)20-3-2-19(34-42(40,41)17-16-37)18-22(20)36-14-12-27(6-7-27)13-15-36/h2-5,18,34,37H,6-17H2,1H3,(H,32,33,38). The number of likely N-dealkylation sites (N-methyl/N-ethyl adjacent to an activating group) is 1. The number of carbonyl (C=O) groups is 2. The van der Waals surface area contributed by atoms with Gasteiger partial charge in [0.05, 0.1) is 46.1 Å². The van der Waals surface area contributed by atoms with Crippen molar-refractivity contribution in [3.63, 3.8) is 0 Å². The molecule has 42 heavy (non-hydrogen) atoms. The van der Waals surface area contributed by atoms with Gasteiger partial charge in [0.2, 0.25) is 21.9 Å². The molecular weight excluding hydrogens is 568 g/mol. The lowest BCUT2D eigenvalue weighted by Gasteiger charge is -2.35. The molecule has 4 aliphatic rings. The normalized spacial score (nSPS) is 21.9. The Labute approximate surface area is 243 Å². The highest BCUT2D eigenvalue weighted by molar-refractivity contribution is 7.92. The molecule has 0 radical (unpaired) electrons. The van der Waals surface area contributed by atoms with Crippen LogP contribution in [0.2, 0.25) is 0 Å². The zero-order chi connectivity index (χ0) is 29.9. The Morgan fingerprint density at radius 3 is 2.33 bits per heavy atom. The number of hydrogen-bond donors (Lipinski definition) is 3. The quantitative estimate of drug-likeness (QED) is 0.438. The van der Waals surface area contributed by atoms with E-state index in [0.29, 0.717) is 28.0 Å². The number of aliphatic hydroxyl groups is 1. The van der Waals surface area contributed by atoms with Crippen molar-refractivity contribution < 1.29 is 31.9 Å². The molecule has 3 heterocycles. The van der Waals surface area contributed by atoms with Crippen LogP contribution in [0.15, 0.2) is 30.3 Å². The molecule has 2 spiro atoms. The first kappa shape index (κ1) is 28.8. The van der Waals surface area contributed by atoms with Crippen molar-refractivity contribution >= 4 is 44.7 Å². The van der Waals surface area contributed by atoms with Crippen molar-refractivity contribution in [2.45, 2.75) is 62.7 Å². The van der Waals surface area contributed by atoms with Crippen LogP contribution in [-0.2, 0) is 20.2 Å². The van der Waals surface area contributed by atoms with Crippen molar-refractivity contribution in [1.82, 2.24) is 4.98 Å². The molecule has 1 saturated heterocycles. The average molecular weight is 604 g/mol. The van der Waals surface area contributed by atoms with Gasteiger partial charge < -0.3 is 20.2 Å². The number of nitrogens with one attached hydrogen (secondary N) is 2. The van der Waals surface area contributed by atoms with Crippen LogP contribution >= 0.6 is 0 Å². The number of nitrogens with zero attached hydrogens (tertiary/aromatic N) is 3. The zero-order valence-electron chi connectivity index (χ0n) is 23.5. The van der Waals surface area contributed by atoms with Crippen LogP contribution in [0.1, 0.15) is 67.4 Å². The van der Waals surface area contributed by atoms with Crippen LogP contribution in [0, 0.1) is 5.41 Å². The summed E-state index contributed by atoms with van der Waals surface area (Å²) in [5.74, 6) is -3.79. The molecule has 3 N–H and O–H groups in total. The van der Waals surface area contributed by atoms with Crippen LogP contribution in [0.4, 0.5) is 31.7 Å². The fourth-order valence-electron chi connectivity index (χ4n) is 6.65. The number of aromatic nitrogens is 1. The van der Waals surface area contributed by atoms with E-state index in [1.54, 1.807) is 31.3 Å². The van der Waals surface area contributed by atoms with Gasteiger partial charge >= 0.3 is 0 Å². The Bertz CT molecular complexity index is 1520. The number of sulfonamides is 1. The monoisotopic (exact) mass is 603 g/mol. The van der Waals surface area contributed by atoms with E-state index in [2.05, 4.69) is 19.9 Å². The predicted octanol–water partition coefficient (Wildman–Crippen LogP) is 3.87. The lowest BCUT2D eigenvalue weighted by Crippen LogP contribution is -2.44. The van der Waals surface area contributed by atoms with E-state index in [9.17, 15) is 26.8 Å². The number of rotatable bonds is 7. The van der Waals surface area contributed by atoms with Crippen molar-refractivity contribution in [2.75, 3.05) is 52.3 Å². The van der Waals surface area contributed by atoms with Gasteiger partial charge in [-0.1, -0.05) is 0 Å². The van der Waals surface area contributed by atoms with Gasteiger partial charge in [0.15, 0.2) is 0 Å². The SMILES string of the molecule is CN1C(=O)C2(CCC(F)(F)CC2)c2nc(NC(=O)c3ccc(NS(=O)(=O)CCO)cc3N3CCC4(CC3)CC4)ccc21. The molecule has 1 aromatic carbocycles. The van der Waals surface area contributed by atoms with Crippen LogP contribution in [0.25, 0.3) is 0 Å². The molecule has 2 saturated carbocycles. The van der Waals surface area contributed by atoms with Gasteiger partial charge in [0.1, 0.15) is 5.82 Å². The molecule has 2 aromatic rings. The zero-order valence-corrected chi connectivity index (χ0v) is 24.3. The molecule has 0 bridgehead atoms. The topological polar surface area (TPSA) is 132 Å². The van der Waals surface area contributed by atoms with E-state index in [1.165, 1.54) is 23.8 Å². The molecule has 10 nitrogen and oxygen atoms in total. The third kappa shape index (κ3) is 5.21. The number of aliphatic hydroxyl groups excluding tert-OH is 1. The third-order valence-corrected chi connectivity index (χ3v) is 10.7. The summed E-state index contributed by atoms with van der Waals surface area (Å²) in [6, 6.07) is 7.96. The highest BCUT2D eigenvalue weighted by Gasteiger charge is 2.56. The molecule has 2 aliphatic heterocycles. The predicted molar refractivity (Wildman–Crippen MR) is 155 cm³/mol. The fourth-order valence-corrected chi connectivity index (χ4v) is 7.48. The van der Waals surface area contributed by atoms with E-state index in [1.807, 2.05) is 0 Å². The Morgan fingerprint density at radius 1 is 1.00 bits per heavy atom. The Morgan fingerprint density at radius 2 is 1.69 bits per heavy atom. The smallest absolute Gasteiger partial charge is 0.258 e. The summed E-state index contributed by atoms with van der Waals surface area (Å²) in [5.41, 5.74) is 1.39. The van der Waals surface area contributed by atoms with Crippen LogP contribution in [0.3, 0.4) is 0 Å². The Balaban J connectivity index is 1.29. The van der Waals surface area contributed by atoms with Crippen molar-refractivity contribution in [1.29, 1.82) is 0 Å². The lowest BCUT2D eigenvalue weighted by atomic mass is 9.71. The highest BCUT2D eigenvalue weighted by Crippen LogP contribution is 2.54. The second-order valence-electron chi connectivity index (χ2n) is 12.2. The minimum absolute atomic E-state index is 0.0190. The maximum atomic E-state index is 14.0. The summed E-state index contributed by atoms with van der Waals surface area (Å²) in [5, 5.41) is 11.9. The molecule has 2 aliphatic carbocycles. The maximum Gasteiger partial charge on any atom is 0.258 e. The number of benzene rings is 1. The van der Waals surface area contributed by atoms with Gasteiger partial charge in [0, 0.05) is 33.0 Å².